The van der Waals surface area contributed by atoms with Gasteiger partial charge in [-0.1, -0.05) is 56.3 Å². The first-order chi connectivity index (χ1) is 12.8. The van der Waals surface area contributed by atoms with Crippen molar-refractivity contribution in [3.63, 3.8) is 0 Å². The van der Waals surface area contributed by atoms with Gasteiger partial charge in [0.15, 0.2) is 0 Å². The van der Waals surface area contributed by atoms with Crippen molar-refractivity contribution >= 4 is 21.6 Å². The topological polar surface area (TPSA) is 92.7 Å². The average molecular weight is 408 g/mol. The van der Waals surface area contributed by atoms with E-state index in [2.05, 4.69) is 4.72 Å². The zero-order chi connectivity index (χ0) is 21.2. The van der Waals surface area contributed by atoms with Crippen LogP contribution in [0.15, 0.2) is 48.6 Å². The number of benzene rings is 1. The van der Waals surface area contributed by atoms with Crippen LogP contribution < -0.4 is 4.72 Å². The Hall–Kier alpha value is -1.96. The lowest BCUT2D eigenvalue weighted by Crippen LogP contribution is -2.54. The van der Waals surface area contributed by atoms with Crippen LogP contribution in [0.1, 0.15) is 46.6 Å². The van der Waals surface area contributed by atoms with E-state index in [1.54, 1.807) is 46.8 Å². The van der Waals surface area contributed by atoms with Gasteiger partial charge in [0.1, 0.15) is 11.6 Å². The highest BCUT2D eigenvalue weighted by Gasteiger charge is 2.43. The maximum Gasteiger partial charge on any atom is 0.324 e. The van der Waals surface area contributed by atoms with Gasteiger partial charge in [-0.2, -0.15) is 4.72 Å². The number of aliphatic hydroxyl groups is 1. The van der Waals surface area contributed by atoms with E-state index in [1.165, 1.54) is 6.08 Å². The molecule has 2 atom stereocenters. The molecule has 2 N–H and O–H groups in total. The summed E-state index contributed by atoms with van der Waals surface area (Å²) in [6.45, 7) is 8.56. The van der Waals surface area contributed by atoms with Gasteiger partial charge in [0.05, 0.1) is 0 Å². The fourth-order valence-corrected chi connectivity index (χ4v) is 4.20. The summed E-state index contributed by atoms with van der Waals surface area (Å²) in [6.07, 6.45) is 4.38. The Morgan fingerprint density at radius 1 is 1.21 bits per heavy atom. The maximum atomic E-state index is 12.9. The predicted molar refractivity (Wildman–Crippen MR) is 110 cm³/mol. The molecule has 1 aliphatic carbocycles. The van der Waals surface area contributed by atoms with E-state index in [-0.39, 0.29) is 12.3 Å². The number of nitrogens with one attached hydrogen (secondary N) is 1. The monoisotopic (exact) mass is 407 g/mol. The molecule has 28 heavy (non-hydrogen) atoms. The van der Waals surface area contributed by atoms with Crippen LogP contribution in [0.2, 0.25) is 0 Å². The summed E-state index contributed by atoms with van der Waals surface area (Å²) < 4.78 is 33.4. The highest BCUT2D eigenvalue weighted by atomic mass is 32.2. The number of rotatable bonds is 6. The van der Waals surface area contributed by atoms with E-state index in [4.69, 9.17) is 4.74 Å². The Bertz CT molecular complexity index is 866. The number of carbonyl (C=O) groups is 1. The largest absolute Gasteiger partial charge is 0.459 e. The van der Waals surface area contributed by atoms with Gasteiger partial charge in [0, 0.05) is 6.42 Å². The van der Waals surface area contributed by atoms with Crippen LogP contribution in [-0.2, 0) is 19.6 Å². The molecular formula is C21H29NO5S. The lowest BCUT2D eigenvalue weighted by atomic mass is 9.98. The Morgan fingerprint density at radius 3 is 2.29 bits per heavy atom. The summed E-state index contributed by atoms with van der Waals surface area (Å²) in [4.78, 5) is 10.3. The first-order valence-corrected chi connectivity index (χ1v) is 10.7. The first kappa shape index (κ1) is 22.3. The number of esters is 1. The van der Waals surface area contributed by atoms with Gasteiger partial charge >= 0.3 is 5.97 Å². The summed E-state index contributed by atoms with van der Waals surface area (Å²) >= 11 is 0. The number of sulfonamides is 1. The van der Waals surface area contributed by atoms with Crippen LogP contribution in [0.3, 0.4) is 0 Å². The zero-order valence-corrected chi connectivity index (χ0v) is 17.8. The molecule has 0 radical (unpaired) electrons. The Balaban J connectivity index is 2.20. The maximum absolute atomic E-state index is 12.9. The third kappa shape index (κ3) is 5.31. The molecule has 0 spiro atoms. The van der Waals surface area contributed by atoms with Crippen molar-refractivity contribution in [1.29, 1.82) is 0 Å². The predicted octanol–water partition coefficient (Wildman–Crippen LogP) is 3.00. The highest BCUT2D eigenvalue weighted by Crippen LogP contribution is 2.30. The van der Waals surface area contributed by atoms with Gasteiger partial charge in [0.2, 0.25) is 15.0 Å². The molecule has 0 aromatic heterocycles. The Labute approximate surface area is 167 Å². The molecule has 1 aromatic rings. The molecule has 0 bridgehead atoms. The van der Waals surface area contributed by atoms with Crippen LogP contribution in [-0.4, -0.2) is 36.1 Å². The number of ether oxygens (including phenoxy) is 1. The van der Waals surface area contributed by atoms with Crippen molar-refractivity contribution in [2.24, 2.45) is 5.92 Å². The van der Waals surface area contributed by atoms with Crippen LogP contribution in [0, 0.1) is 5.92 Å². The fourth-order valence-electron chi connectivity index (χ4n) is 2.75. The molecule has 0 amide bonds. The molecule has 0 fully saturated rings. The van der Waals surface area contributed by atoms with Crippen molar-refractivity contribution < 1.29 is 23.1 Å². The zero-order valence-electron chi connectivity index (χ0n) is 17.0. The van der Waals surface area contributed by atoms with Gasteiger partial charge in [-0.25, -0.2) is 8.42 Å². The van der Waals surface area contributed by atoms with Gasteiger partial charge in [-0.3, -0.25) is 4.79 Å². The summed E-state index contributed by atoms with van der Waals surface area (Å²) in [5.74, 6) is -1.02. The molecular weight excluding hydrogens is 378 g/mol. The number of hydrogen-bond donors (Lipinski definition) is 2. The molecule has 2 rings (SSSR count). The van der Waals surface area contributed by atoms with E-state index in [1.807, 2.05) is 30.3 Å². The Morgan fingerprint density at radius 2 is 1.82 bits per heavy atom. The third-order valence-electron chi connectivity index (χ3n) is 4.32. The summed E-state index contributed by atoms with van der Waals surface area (Å²) in [5, 5.41) is 10.8. The van der Waals surface area contributed by atoms with Gasteiger partial charge in [0.25, 0.3) is 0 Å². The molecule has 0 heterocycles. The minimum absolute atomic E-state index is 0.123. The molecule has 0 saturated heterocycles. The van der Waals surface area contributed by atoms with Crippen LogP contribution in [0.5, 0.6) is 0 Å². The standard InChI is InChI=1S/C21H29NO5S/c1-15(2)18(19(23)27-20(3,4)5)22-28(25,26)21(24)13-11-17(12-14-21)16-9-7-6-8-10-16/h6-13,15,18,22,24H,14H2,1-5H3/t18-,21?/m1/s1. The molecule has 6 nitrogen and oxygen atoms in total. The summed E-state index contributed by atoms with van der Waals surface area (Å²) in [5.41, 5.74) is 1.01. The minimum Gasteiger partial charge on any atom is -0.459 e. The average Bonchev–Trinajstić information content (AvgIpc) is 2.59. The summed E-state index contributed by atoms with van der Waals surface area (Å²) in [6, 6.07) is 8.38. The minimum atomic E-state index is -4.26. The summed E-state index contributed by atoms with van der Waals surface area (Å²) in [7, 11) is -4.26. The normalized spacial score (nSPS) is 21.3. The SMILES string of the molecule is CC(C)[C@@H](NS(=O)(=O)C1(O)C=CC(c2ccccc2)=CC1)C(=O)OC(C)(C)C. The highest BCUT2D eigenvalue weighted by molar-refractivity contribution is 7.90. The number of carbonyl (C=O) groups excluding carboxylic acids is 1. The van der Waals surface area contributed by atoms with E-state index < -0.39 is 32.6 Å². The van der Waals surface area contributed by atoms with Crippen molar-refractivity contribution in [3.8, 4) is 0 Å². The lowest BCUT2D eigenvalue weighted by molar-refractivity contribution is -0.158. The smallest absolute Gasteiger partial charge is 0.324 e. The van der Waals surface area contributed by atoms with Crippen LogP contribution in [0.25, 0.3) is 5.57 Å². The fraction of sp³-hybridized carbons (Fsp3) is 0.476. The second kappa shape index (κ2) is 8.19. The first-order valence-electron chi connectivity index (χ1n) is 9.26. The van der Waals surface area contributed by atoms with Crippen molar-refractivity contribution in [2.45, 2.75) is 57.6 Å². The molecule has 154 valence electrons. The van der Waals surface area contributed by atoms with Crippen molar-refractivity contribution in [3.05, 3.63) is 54.1 Å². The van der Waals surface area contributed by atoms with E-state index in [0.717, 1.165) is 11.1 Å². The van der Waals surface area contributed by atoms with Gasteiger partial charge in [-0.05, 0) is 43.9 Å². The van der Waals surface area contributed by atoms with Crippen LogP contribution >= 0.6 is 0 Å². The quantitative estimate of drug-likeness (QED) is 0.707. The second-order valence-corrected chi connectivity index (χ2v) is 10.2. The third-order valence-corrected chi connectivity index (χ3v) is 6.12. The number of hydrogen-bond acceptors (Lipinski definition) is 5. The molecule has 1 aliphatic rings. The molecule has 1 aromatic carbocycles. The van der Waals surface area contributed by atoms with Crippen molar-refractivity contribution in [2.75, 3.05) is 0 Å². The van der Waals surface area contributed by atoms with E-state index in [9.17, 15) is 18.3 Å². The molecule has 0 saturated carbocycles. The van der Waals surface area contributed by atoms with Gasteiger partial charge < -0.3 is 9.84 Å². The molecule has 1 unspecified atom stereocenters. The van der Waals surface area contributed by atoms with Gasteiger partial charge in [-0.15, -0.1) is 0 Å². The van der Waals surface area contributed by atoms with E-state index >= 15 is 0 Å². The molecule has 7 heteroatoms. The second-order valence-electron chi connectivity index (χ2n) is 8.28. The Kier molecular flexibility index (Phi) is 6.53. The molecule has 0 aliphatic heterocycles. The lowest BCUT2D eigenvalue weighted by Gasteiger charge is -2.31. The number of allylic oxidation sites excluding steroid dienone is 2. The van der Waals surface area contributed by atoms with Crippen LogP contribution in [0.4, 0.5) is 0 Å². The van der Waals surface area contributed by atoms with E-state index in [0.29, 0.717) is 0 Å². The van der Waals surface area contributed by atoms with Crippen molar-refractivity contribution in [1.82, 2.24) is 4.72 Å².